The molecule has 0 spiro atoms. The zero-order valence-electron chi connectivity index (χ0n) is 9.61. The van der Waals surface area contributed by atoms with Crippen LogP contribution in [0.3, 0.4) is 0 Å². The number of rotatable bonds is 3. The molecule has 0 aromatic heterocycles. The zero-order valence-corrected chi connectivity index (χ0v) is 11.2. The topological polar surface area (TPSA) is 17.1 Å². The molecule has 0 aliphatic rings. The van der Waals surface area contributed by atoms with Gasteiger partial charge in [0.1, 0.15) is 5.82 Å². The molecule has 92 valence electrons. The van der Waals surface area contributed by atoms with Crippen LogP contribution in [0, 0.1) is 5.82 Å². The second-order valence-electron chi connectivity index (χ2n) is 3.75. The quantitative estimate of drug-likeness (QED) is 0.749. The van der Waals surface area contributed by atoms with Crippen LogP contribution in [0.4, 0.5) is 4.39 Å². The minimum absolute atomic E-state index is 0.147. The van der Waals surface area contributed by atoms with Gasteiger partial charge in [-0.05, 0) is 49.4 Å². The molecule has 0 aliphatic heterocycles. The molecular weight excluding hydrogens is 271 g/mol. The smallest absolute Gasteiger partial charge is 0.161 e. The van der Waals surface area contributed by atoms with Crippen LogP contribution in [-0.2, 0) is 0 Å². The second kappa shape index (κ2) is 5.55. The number of benzene rings is 2. The van der Waals surface area contributed by atoms with Crippen molar-refractivity contribution in [1.29, 1.82) is 0 Å². The predicted octanol–water partition coefficient (Wildman–Crippen LogP) is 4.83. The lowest BCUT2D eigenvalue weighted by atomic mass is 10.1. The number of halogens is 2. The summed E-state index contributed by atoms with van der Waals surface area (Å²) in [5.41, 5.74) is 0.398. The fourth-order valence-electron chi connectivity index (χ4n) is 1.50. The van der Waals surface area contributed by atoms with Gasteiger partial charge in [-0.15, -0.1) is 0 Å². The Kier molecular flexibility index (Phi) is 4.04. The van der Waals surface area contributed by atoms with Crippen molar-refractivity contribution in [3.8, 4) is 0 Å². The van der Waals surface area contributed by atoms with E-state index in [1.807, 2.05) is 12.1 Å². The van der Waals surface area contributed by atoms with Crippen LogP contribution < -0.4 is 0 Å². The number of hydrogen-bond donors (Lipinski definition) is 0. The molecule has 0 radical (unpaired) electrons. The van der Waals surface area contributed by atoms with Gasteiger partial charge in [-0.25, -0.2) is 4.39 Å². The summed E-state index contributed by atoms with van der Waals surface area (Å²) in [6.45, 7) is 1.43. The van der Waals surface area contributed by atoms with E-state index in [4.69, 9.17) is 11.6 Å². The van der Waals surface area contributed by atoms with Crippen LogP contribution in [0.2, 0.25) is 5.02 Å². The number of Topliss-reactive ketones (excluding diaryl/α,β-unsaturated/α-hetero) is 1. The normalized spacial score (nSPS) is 10.4. The van der Waals surface area contributed by atoms with E-state index in [0.29, 0.717) is 10.6 Å². The van der Waals surface area contributed by atoms with E-state index in [-0.39, 0.29) is 5.78 Å². The molecule has 2 aromatic carbocycles. The van der Waals surface area contributed by atoms with Gasteiger partial charge in [0.25, 0.3) is 0 Å². The molecule has 2 aromatic rings. The van der Waals surface area contributed by atoms with Crippen molar-refractivity contribution in [3.63, 3.8) is 0 Å². The van der Waals surface area contributed by atoms with E-state index in [1.54, 1.807) is 18.2 Å². The van der Waals surface area contributed by atoms with Crippen molar-refractivity contribution in [2.75, 3.05) is 0 Å². The van der Waals surface area contributed by atoms with Gasteiger partial charge < -0.3 is 0 Å². The first-order chi connectivity index (χ1) is 8.56. The highest BCUT2D eigenvalue weighted by Gasteiger charge is 2.10. The minimum atomic E-state index is -0.402. The van der Waals surface area contributed by atoms with E-state index in [2.05, 4.69) is 0 Å². The van der Waals surface area contributed by atoms with E-state index < -0.39 is 5.82 Å². The summed E-state index contributed by atoms with van der Waals surface area (Å²) in [6.07, 6.45) is 0. The van der Waals surface area contributed by atoms with E-state index >= 15 is 0 Å². The summed E-state index contributed by atoms with van der Waals surface area (Å²) < 4.78 is 13.1. The lowest BCUT2D eigenvalue weighted by molar-refractivity contribution is 0.101. The third-order valence-corrected chi connectivity index (χ3v) is 3.70. The standard InChI is InChI=1S/C14H10ClFOS/c1-9(17)13-8-11(16)4-7-14(13)18-12-5-2-10(15)3-6-12/h2-8H,1H3. The summed E-state index contributed by atoms with van der Waals surface area (Å²) in [4.78, 5) is 13.2. The third-order valence-electron chi connectivity index (χ3n) is 2.36. The second-order valence-corrected chi connectivity index (χ2v) is 5.30. The van der Waals surface area contributed by atoms with Gasteiger partial charge in [0, 0.05) is 20.4 Å². The minimum Gasteiger partial charge on any atom is -0.294 e. The Morgan fingerprint density at radius 1 is 1.17 bits per heavy atom. The van der Waals surface area contributed by atoms with Gasteiger partial charge in [0.15, 0.2) is 5.78 Å². The first-order valence-electron chi connectivity index (χ1n) is 5.30. The monoisotopic (exact) mass is 280 g/mol. The molecule has 0 amide bonds. The Morgan fingerprint density at radius 3 is 2.44 bits per heavy atom. The number of carbonyl (C=O) groups excluding carboxylic acids is 1. The molecule has 0 heterocycles. The molecule has 0 aliphatic carbocycles. The Labute approximate surface area is 114 Å². The van der Waals surface area contributed by atoms with Crippen LogP contribution in [-0.4, -0.2) is 5.78 Å². The highest BCUT2D eigenvalue weighted by molar-refractivity contribution is 7.99. The first-order valence-corrected chi connectivity index (χ1v) is 6.49. The molecule has 0 unspecified atom stereocenters. The first kappa shape index (κ1) is 13.1. The molecule has 4 heteroatoms. The highest BCUT2D eigenvalue weighted by atomic mass is 35.5. The maximum absolute atomic E-state index is 13.1. The molecule has 18 heavy (non-hydrogen) atoms. The largest absolute Gasteiger partial charge is 0.294 e. The van der Waals surface area contributed by atoms with Crippen LogP contribution in [0.1, 0.15) is 17.3 Å². The van der Waals surface area contributed by atoms with Gasteiger partial charge in [0.2, 0.25) is 0 Å². The average molecular weight is 281 g/mol. The molecule has 0 fully saturated rings. The zero-order chi connectivity index (χ0) is 13.1. The molecule has 0 saturated heterocycles. The van der Waals surface area contributed by atoms with Crippen molar-refractivity contribution in [1.82, 2.24) is 0 Å². The molecule has 0 saturated carbocycles. The van der Waals surface area contributed by atoms with Gasteiger partial charge >= 0.3 is 0 Å². The van der Waals surface area contributed by atoms with Crippen molar-refractivity contribution < 1.29 is 9.18 Å². The van der Waals surface area contributed by atoms with Gasteiger partial charge in [0.05, 0.1) is 0 Å². The average Bonchev–Trinajstić information content (AvgIpc) is 2.34. The summed E-state index contributed by atoms with van der Waals surface area (Å²) >= 11 is 7.22. The molecule has 0 N–H and O–H groups in total. The summed E-state index contributed by atoms with van der Waals surface area (Å²) in [5.74, 6) is -0.549. The maximum Gasteiger partial charge on any atom is 0.161 e. The lowest BCUT2D eigenvalue weighted by Crippen LogP contribution is -1.96. The van der Waals surface area contributed by atoms with Crippen molar-refractivity contribution in [2.45, 2.75) is 16.7 Å². The van der Waals surface area contributed by atoms with Crippen molar-refractivity contribution in [2.24, 2.45) is 0 Å². The number of carbonyl (C=O) groups is 1. The van der Waals surface area contributed by atoms with Gasteiger partial charge in [-0.2, -0.15) is 0 Å². The fourth-order valence-corrected chi connectivity index (χ4v) is 2.60. The molecule has 2 rings (SSSR count). The predicted molar refractivity (Wildman–Crippen MR) is 72.0 cm³/mol. The van der Waals surface area contributed by atoms with E-state index in [9.17, 15) is 9.18 Å². The molecule has 0 bridgehead atoms. The van der Waals surface area contributed by atoms with Gasteiger partial charge in [-0.3, -0.25) is 4.79 Å². The fraction of sp³-hybridized carbons (Fsp3) is 0.0714. The maximum atomic E-state index is 13.1. The number of ketones is 1. The van der Waals surface area contributed by atoms with Crippen LogP contribution in [0.5, 0.6) is 0 Å². The molecule has 0 atom stereocenters. The van der Waals surface area contributed by atoms with Crippen LogP contribution >= 0.6 is 23.4 Å². The summed E-state index contributed by atoms with van der Waals surface area (Å²) in [7, 11) is 0. The molecule has 1 nitrogen and oxygen atoms in total. The Bertz CT molecular complexity index is 581. The van der Waals surface area contributed by atoms with Crippen molar-refractivity contribution >= 4 is 29.1 Å². The Morgan fingerprint density at radius 2 is 1.83 bits per heavy atom. The summed E-state index contributed by atoms with van der Waals surface area (Å²) in [5, 5.41) is 0.658. The molecular formula is C14H10ClFOS. The summed E-state index contributed by atoms with van der Waals surface area (Å²) in [6, 6.07) is 11.5. The van der Waals surface area contributed by atoms with Crippen molar-refractivity contribution in [3.05, 3.63) is 58.9 Å². The van der Waals surface area contributed by atoms with E-state index in [1.165, 1.54) is 30.8 Å². The Balaban J connectivity index is 2.34. The Hall–Kier alpha value is -1.32. The SMILES string of the molecule is CC(=O)c1cc(F)ccc1Sc1ccc(Cl)cc1. The van der Waals surface area contributed by atoms with Crippen LogP contribution in [0.15, 0.2) is 52.3 Å². The third kappa shape index (κ3) is 3.12. The lowest BCUT2D eigenvalue weighted by Gasteiger charge is -2.06. The van der Waals surface area contributed by atoms with E-state index in [0.717, 1.165) is 9.79 Å². The highest BCUT2D eigenvalue weighted by Crippen LogP contribution is 2.31. The van der Waals surface area contributed by atoms with Gasteiger partial charge in [-0.1, -0.05) is 23.4 Å². The van der Waals surface area contributed by atoms with Crippen LogP contribution in [0.25, 0.3) is 0 Å². The number of hydrogen-bond acceptors (Lipinski definition) is 2.